The van der Waals surface area contributed by atoms with Crippen LogP contribution in [0.25, 0.3) is 0 Å². The summed E-state index contributed by atoms with van der Waals surface area (Å²) >= 11 is 0. The summed E-state index contributed by atoms with van der Waals surface area (Å²) < 4.78 is 5.27. The predicted octanol–water partition coefficient (Wildman–Crippen LogP) is 1.42. The molecule has 1 aliphatic heterocycles. The van der Waals surface area contributed by atoms with Crippen LogP contribution in [0, 0.1) is 0 Å². The highest BCUT2D eigenvalue weighted by Gasteiger charge is 2.34. The van der Waals surface area contributed by atoms with E-state index < -0.39 is 0 Å². The maximum atomic E-state index is 5.27. The molecule has 1 unspecified atom stereocenters. The smallest absolute Gasteiger partial charge is 0.217 e. The van der Waals surface area contributed by atoms with Crippen molar-refractivity contribution in [3.8, 4) is 5.88 Å². The Hall–Kier alpha value is -1.13. The standard InChI is InChI=1S/C14H21N3O/c1-18-14-11(3-2-7-15-14)9-16-12-6-8-17(10-12)13-4-5-13/h2-3,7,12-13,16H,4-6,8-10H2,1H3. The van der Waals surface area contributed by atoms with Gasteiger partial charge in [-0.05, 0) is 25.3 Å². The first-order valence-corrected chi connectivity index (χ1v) is 6.82. The van der Waals surface area contributed by atoms with E-state index in [0.717, 1.165) is 24.0 Å². The van der Waals surface area contributed by atoms with Crippen LogP contribution < -0.4 is 10.1 Å². The topological polar surface area (TPSA) is 37.4 Å². The van der Waals surface area contributed by atoms with Crippen molar-refractivity contribution in [3.63, 3.8) is 0 Å². The largest absolute Gasteiger partial charge is 0.481 e. The van der Waals surface area contributed by atoms with E-state index in [2.05, 4.69) is 21.3 Å². The van der Waals surface area contributed by atoms with Crippen LogP contribution in [0.2, 0.25) is 0 Å². The van der Waals surface area contributed by atoms with Crippen LogP contribution >= 0.6 is 0 Å². The number of methoxy groups -OCH3 is 1. The van der Waals surface area contributed by atoms with Crippen molar-refractivity contribution in [2.45, 2.75) is 37.9 Å². The number of rotatable bonds is 5. The fourth-order valence-electron chi connectivity index (χ4n) is 2.72. The summed E-state index contributed by atoms with van der Waals surface area (Å²) in [6.45, 7) is 3.31. The number of pyridine rings is 1. The third-order valence-corrected chi connectivity index (χ3v) is 3.91. The SMILES string of the molecule is COc1ncccc1CNC1CCN(C2CC2)C1. The van der Waals surface area contributed by atoms with Gasteiger partial charge in [-0.3, -0.25) is 4.90 Å². The van der Waals surface area contributed by atoms with Crippen LogP contribution in [-0.4, -0.2) is 42.2 Å². The second-order valence-electron chi connectivity index (χ2n) is 5.26. The first-order chi connectivity index (χ1) is 8.86. The van der Waals surface area contributed by atoms with Crippen molar-refractivity contribution >= 4 is 0 Å². The zero-order valence-electron chi connectivity index (χ0n) is 10.9. The molecule has 1 aromatic heterocycles. The normalized spacial score (nSPS) is 24.4. The fourth-order valence-corrected chi connectivity index (χ4v) is 2.72. The fraction of sp³-hybridized carbons (Fsp3) is 0.643. The van der Waals surface area contributed by atoms with Crippen molar-refractivity contribution < 1.29 is 4.74 Å². The molecule has 2 heterocycles. The van der Waals surface area contributed by atoms with Gasteiger partial charge in [0.1, 0.15) is 0 Å². The van der Waals surface area contributed by atoms with E-state index in [4.69, 9.17) is 4.74 Å². The molecule has 1 aromatic rings. The molecule has 1 atom stereocenters. The molecular weight excluding hydrogens is 226 g/mol. The van der Waals surface area contributed by atoms with E-state index in [-0.39, 0.29) is 0 Å². The maximum Gasteiger partial charge on any atom is 0.217 e. The molecule has 0 bridgehead atoms. The van der Waals surface area contributed by atoms with E-state index in [1.54, 1.807) is 13.3 Å². The van der Waals surface area contributed by atoms with Gasteiger partial charge in [-0.15, -0.1) is 0 Å². The number of ether oxygens (including phenoxy) is 1. The van der Waals surface area contributed by atoms with Crippen LogP contribution in [0.1, 0.15) is 24.8 Å². The van der Waals surface area contributed by atoms with Gasteiger partial charge in [0.15, 0.2) is 0 Å². The lowest BCUT2D eigenvalue weighted by Crippen LogP contribution is -2.33. The summed E-state index contributed by atoms with van der Waals surface area (Å²) in [6, 6.07) is 5.55. The Balaban J connectivity index is 1.51. The highest BCUT2D eigenvalue weighted by atomic mass is 16.5. The molecule has 0 spiro atoms. The van der Waals surface area contributed by atoms with Crippen LogP contribution in [0.15, 0.2) is 18.3 Å². The van der Waals surface area contributed by atoms with Gasteiger partial charge in [-0.2, -0.15) is 0 Å². The highest BCUT2D eigenvalue weighted by molar-refractivity contribution is 5.25. The molecule has 2 fully saturated rings. The second kappa shape index (κ2) is 5.24. The Morgan fingerprint density at radius 2 is 2.33 bits per heavy atom. The van der Waals surface area contributed by atoms with Gasteiger partial charge in [0.05, 0.1) is 7.11 Å². The lowest BCUT2D eigenvalue weighted by molar-refractivity contribution is 0.317. The number of nitrogens with zero attached hydrogens (tertiary/aromatic N) is 2. The molecule has 3 rings (SSSR count). The van der Waals surface area contributed by atoms with Crippen molar-refractivity contribution in [2.75, 3.05) is 20.2 Å². The first-order valence-electron chi connectivity index (χ1n) is 6.82. The zero-order valence-corrected chi connectivity index (χ0v) is 10.9. The number of hydrogen-bond acceptors (Lipinski definition) is 4. The second-order valence-corrected chi connectivity index (χ2v) is 5.26. The van der Waals surface area contributed by atoms with E-state index in [1.165, 1.54) is 32.4 Å². The minimum Gasteiger partial charge on any atom is -0.481 e. The maximum absolute atomic E-state index is 5.27. The van der Waals surface area contributed by atoms with E-state index in [1.807, 2.05) is 6.07 Å². The van der Waals surface area contributed by atoms with Crippen molar-refractivity contribution in [3.05, 3.63) is 23.9 Å². The van der Waals surface area contributed by atoms with Gasteiger partial charge < -0.3 is 10.1 Å². The molecule has 2 aliphatic rings. The van der Waals surface area contributed by atoms with E-state index >= 15 is 0 Å². The summed E-state index contributed by atoms with van der Waals surface area (Å²) in [4.78, 5) is 6.85. The van der Waals surface area contributed by atoms with Gasteiger partial charge in [0, 0.05) is 43.5 Å². The van der Waals surface area contributed by atoms with E-state index in [0.29, 0.717) is 6.04 Å². The molecular formula is C14H21N3O. The van der Waals surface area contributed by atoms with Gasteiger partial charge in [-0.1, -0.05) is 6.07 Å². The summed E-state index contributed by atoms with van der Waals surface area (Å²) in [7, 11) is 1.68. The molecule has 1 saturated carbocycles. The molecule has 1 N–H and O–H groups in total. The molecule has 98 valence electrons. The van der Waals surface area contributed by atoms with Crippen molar-refractivity contribution in [2.24, 2.45) is 0 Å². The van der Waals surface area contributed by atoms with Gasteiger partial charge in [-0.25, -0.2) is 4.98 Å². The van der Waals surface area contributed by atoms with Crippen molar-refractivity contribution in [1.82, 2.24) is 15.2 Å². The van der Waals surface area contributed by atoms with Crippen LogP contribution in [0.3, 0.4) is 0 Å². The van der Waals surface area contributed by atoms with E-state index in [9.17, 15) is 0 Å². The third kappa shape index (κ3) is 2.65. The zero-order chi connectivity index (χ0) is 12.4. The Bertz CT molecular complexity index is 406. The molecule has 1 aliphatic carbocycles. The predicted molar refractivity (Wildman–Crippen MR) is 70.6 cm³/mol. The van der Waals surface area contributed by atoms with Gasteiger partial charge in [0.25, 0.3) is 0 Å². The molecule has 18 heavy (non-hydrogen) atoms. The summed E-state index contributed by atoms with van der Waals surface area (Å²) in [5, 5.41) is 3.62. The molecule has 0 amide bonds. The Kier molecular flexibility index (Phi) is 3.48. The number of nitrogens with one attached hydrogen (secondary N) is 1. The number of hydrogen-bond donors (Lipinski definition) is 1. The van der Waals surface area contributed by atoms with Gasteiger partial charge >= 0.3 is 0 Å². The Labute approximate surface area is 108 Å². The average molecular weight is 247 g/mol. The first kappa shape index (κ1) is 11.9. The van der Waals surface area contributed by atoms with Crippen LogP contribution in [0.5, 0.6) is 5.88 Å². The Morgan fingerprint density at radius 3 is 3.11 bits per heavy atom. The lowest BCUT2D eigenvalue weighted by Gasteiger charge is -2.16. The molecule has 0 aromatic carbocycles. The summed E-state index contributed by atoms with van der Waals surface area (Å²) in [6.07, 6.45) is 5.85. The highest BCUT2D eigenvalue weighted by Crippen LogP contribution is 2.29. The number of likely N-dealkylation sites (tertiary alicyclic amines) is 1. The Morgan fingerprint density at radius 1 is 1.44 bits per heavy atom. The summed E-state index contributed by atoms with van der Waals surface area (Å²) in [5.41, 5.74) is 1.14. The third-order valence-electron chi connectivity index (χ3n) is 3.91. The number of aromatic nitrogens is 1. The van der Waals surface area contributed by atoms with Crippen LogP contribution in [0.4, 0.5) is 0 Å². The molecule has 4 nitrogen and oxygen atoms in total. The quantitative estimate of drug-likeness (QED) is 0.854. The summed E-state index contributed by atoms with van der Waals surface area (Å²) in [5.74, 6) is 0.738. The van der Waals surface area contributed by atoms with Crippen LogP contribution in [-0.2, 0) is 6.54 Å². The molecule has 4 heteroatoms. The average Bonchev–Trinajstić information content (AvgIpc) is 3.16. The van der Waals surface area contributed by atoms with Gasteiger partial charge in [0.2, 0.25) is 5.88 Å². The van der Waals surface area contributed by atoms with Crippen molar-refractivity contribution in [1.29, 1.82) is 0 Å². The minimum atomic E-state index is 0.621. The molecule has 1 saturated heterocycles. The lowest BCUT2D eigenvalue weighted by atomic mass is 10.2. The molecule has 0 radical (unpaired) electrons. The monoisotopic (exact) mass is 247 g/mol. The minimum absolute atomic E-state index is 0.621.